The molecule has 5 heteroatoms. The Bertz CT molecular complexity index is 4050. The zero-order valence-electron chi connectivity index (χ0n) is 35.1. The fourth-order valence-corrected chi connectivity index (χ4v) is 12.9. The minimum Gasteiger partial charge on any atom is -0.310 e. The number of aromatic nitrogens is 3. The molecule has 0 amide bonds. The summed E-state index contributed by atoms with van der Waals surface area (Å²) in [4.78, 5) is 2.65. The summed E-state index contributed by atoms with van der Waals surface area (Å²) in [6.07, 6.45) is 0. The molecule has 0 saturated carbocycles. The highest BCUT2D eigenvalue weighted by Gasteiger charge is 2.42. The van der Waals surface area contributed by atoms with Crippen LogP contribution in [0.3, 0.4) is 0 Å². The summed E-state index contributed by atoms with van der Waals surface area (Å²) in [5.74, 6) is 0. The first-order chi connectivity index (χ1) is 32.3. The Kier molecular flexibility index (Phi) is 7.24. The summed E-state index contributed by atoms with van der Waals surface area (Å²) in [6.45, 7) is -0.00673. The summed E-state index contributed by atoms with van der Waals surface area (Å²) in [5.41, 5.74) is 20.0. The molecule has 0 radical (unpaired) electrons. The first-order valence-corrected chi connectivity index (χ1v) is 23.3. The van der Waals surface area contributed by atoms with E-state index in [1.54, 1.807) is 0 Å². The zero-order chi connectivity index (χ0) is 42.3. The Labute approximate surface area is 379 Å². The third kappa shape index (κ3) is 4.83. The first kappa shape index (κ1) is 35.5. The van der Waals surface area contributed by atoms with Crippen molar-refractivity contribution in [2.24, 2.45) is 0 Å². The molecule has 0 aliphatic carbocycles. The highest BCUT2D eigenvalue weighted by Crippen LogP contribution is 2.47. The van der Waals surface area contributed by atoms with E-state index in [0.717, 1.165) is 5.69 Å². The summed E-state index contributed by atoms with van der Waals surface area (Å²) >= 11 is 1.93. The lowest BCUT2D eigenvalue weighted by Crippen LogP contribution is -2.59. The normalized spacial score (nSPS) is 12.8. The van der Waals surface area contributed by atoms with Crippen molar-refractivity contribution in [2.75, 3.05) is 0 Å². The van der Waals surface area contributed by atoms with E-state index in [4.69, 9.17) is 0 Å². The van der Waals surface area contributed by atoms with Crippen LogP contribution in [0.2, 0.25) is 0 Å². The molecule has 300 valence electrons. The number of fused-ring (bicyclic) bond motifs is 13. The molecule has 2 aliphatic heterocycles. The third-order valence-corrected chi connectivity index (χ3v) is 15.5. The molecule has 10 aromatic carbocycles. The Balaban J connectivity index is 1.14. The molecule has 0 N–H and O–H groups in total. The largest absolute Gasteiger partial charge is 0.310 e. The third-order valence-electron chi connectivity index (χ3n) is 14.3. The predicted octanol–water partition coefficient (Wildman–Crippen LogP) is 13.6. The molecule has 65 heavy (non-hydrogen) atoms. The van der Waals surface area contributed by atoms with Gasteiger partial charge in [0.2, 0.25) is 6.71 Å². The fraction of sp³-hybridized carbons (Fsp3) is 0. The van der Waals surface area contributed by atoms with Crippen LogP contribution >= 0.6 is 11.8 Å². The van der Waals surface area contributed by atoms with E-state index in [-0.39, 0.29) is 6.71 Å². The molecular formula is C60H36BN3S. The van der Waals surface area contributed by atoms with E-state index in [2.05, 4.69) is 232 Å². The van der Waals surface area contributed by atoms with E-state index >= 15 is 0 Å². The first-order valence-electron chi connectivity index (χ1n) is 22.5. The van der Waals surface area contributed by atoms with Crippen molar-refractivity contribution in [1.82, 2.24) is 13.7 Å². The second-order valence-electron chi connectivity index (χ2n) is 17.6. The smallest absolute Gasteiger partial charge is 0.249 e. The molecule has 3 aromatic heterocycles. The zero-order valence-corrected chi connectivity index (χ0v) is 35.9. The number of hydrogen-bond acceptors (Lipinski definition) is 1. The van der Waals surface area contributed by atoms with E-state index in [0.29, 0.717) is 0 Å². The maximum atomic E-state index is 2.65. The van der Waals surface area contributed by atoms with Gasteiger partial charge in [-0.25, -0.2) is 0 Å². The molecule has 2 aliphatic rings. The molecule has 0 spiro atoms. The number of hydrogen-bond donors (Lipinski definition) is 0. The maximum Gasteiger partial charge on any atom is 0.249 e. The van der Waals surface area contributed by atoms with Gasteiger partial charge < -0.3 is 13.7 Å². The molecule has 5 heterocycles. The van der Waals surface area contributed by atoms with Gasteiger partial charge >= 0.3 is 0 Å². The van der Waals surface area contributed by atoms with Crippen LogP contribution in [0.4, 0.5) is 0 Å². The standard InChI is InChI=1S/C60H36BN3S/c1-3-17-37(18-4-1)45-36-46(38-19-5-2-6-20-38)60-57-59(45)64-55-32-31-39(62-51-26-12-7-21-41(51)42-22-8-13-27-52(42)62)33-47(55)48-34-40(35-50(58(48)64)61(57)49-25-11-16-30-56(49)65-60)63-53-28-14-9-23-43(53)44-24-10-15-29-54(44)63/h1-36H. The lowest BCUT2D eigenvalue weighted by atomic mass is 9.35. The van der Waals surface area contributed by atoms with Gasteiger partial charge in [-0.3, -0.25) is 0 Å². The molecule has 15 rings (SSSR count). The summed E-state index contributed by atoms with van der Waals surface area (Å²) < 4.78 is 7.62. The van der Waals surface area contributed by atoms with Crippen LogP contribution in [0.5, 0.6) is 0 Å². The Hall–Kier alpha value is -7.99. The van der Waals surface area contributed by atoms with E-state index in [1.807, 2.05) is 11.8 Å². The van der Waals surface area contributed by atoms with E-state index in [1.165, 1.54) is 125 Å². The van der Waals surface area contributed by atoms with Crippen molar-refractivity contribution < 1.29 is 0 Å². The van der Waals surface area contributed by atoms with Crippen LogP contribution < -0.4 is 16.4 Å². The molecule has 0 saturated heterocycles. The maximum absolute atomic E-state index is 2.65. The lowest BCUT2D eigenvalue weighted by Gasteiger charge is -2.36. The topological polar surface area (TPSA) is 14.8 Å². The minimum absolute atomic E-state index is 0.00673. The van der Waals surface area contributed by atoms with Gasteiger partial charge in [0, 0.05) is 64.6 Å². The monoisotopic (exact) mass is 841 g/mol. The number of rotatable bonds is 4. The molecular weight excluding hydrogens is 806 g/mol. The molecule has 0 unspecified atom stereocenters. The van der Waals surface area contributed by atoms with Gasteiger partial charge in [0.15, 0.2) is 0 Å². The van der Waals surface area contributed by atoms with Crippen LogP contribution in [0.15, 0.2) is 228 Å². The minimum atomic E-state index is -0.00673. The van der Waals surface area contributed by atoms with Crippen LogP contribution in [0.25, 0.3) is 105 Å². The predicted molar refractivity (Wildman–Crippen MR) is 276 cm³/mol. The average molecular weight is 842 g/mol. The molecule has 13 aromatic rings. The van der Waals surface area contributed by atoms with Crippen molar-refractivity contribution in [2.45, 2.75) is 9.79 Å². The molecule has 3 nitrogen and oxygen atoms in total. The van der Waals surface area contributed by atoms with Gasteiger partial charge in [0.1, 0.15) is 0 Å². The second-order valence-corrected chi connectivity index (χ2v) is 18.6. The van der Waals surface area contributed by atoms with Crippen LogP contribution in [-0.2, 0) is 0 Å². The molecule has 0 fully saturated rings. The fourth-order valence-electron chi connectivity index (χ4n) is 11.6. The highest BCUT2D eigenvalue weighted by atomic mass is 32.2. The van der Waals surface area contributed by atoms with E-state index in [9.17, 15) is 0 Å². The van der Waals surface area contributed by atoms with Gasteiger partial charge in [0.25, 0.3) is 0 Å². The van der Waals surface area contributed by atoms with Gasteiger partial charge in [-0.05, 0) is 94.3 Å². The van der Waals surface area contributed by atoms with Crippen LogP contribution in [0.1, 0.15) is 0 Å². The van der Waals surface area contributed by atoms with Crippen molar-refractivity contribution >= 4 is 100 Å². The van der Waals surface area contributed by atoms with Crippen molar-refractivity contribution in [3.05, 3.63) is 218 Å². The Morgan fingerprint density at radius 1 is 0.338 bits per heavy atom. The number of nitrogens with zero attached hydrogens (tertiary/aromatic N) is 3. The summed E-state index contributed by atoms with van der Waals surface area (Å²) in [5, 5.41) is 7.55. The summed E-state index contributed by atoms with van der Waals surface area (Å²) in [7, 11) is 0. The highest BCUT2D eigenvalue weighted by molar-refractivity contribution is 8.00. The average Bonchev–Trinajstić information content (AvgIpc) is 4.01. The number of benzene rings is 10. The lowest BCUT2D eigenvalue weighted by molar-refractivity contribution is 1.16. The van der Waals surface area contributed by atoms with Gasteiger partial charge in [-0.2, -0.15) is 0 Å². The summed E-state index contributed by atoms with van der Waals surface area (Å²) in [6, 6.07) is 81.4. The van der Waals surface area contributed by atoms with E-state index < -0.39 is 0 Å². The van der Waals surface area contributed by atoms with Crippen LogP contribution in [-0.4, -0.2) is 20.4 Å². The van der Waals surface area contributed by atoms with Gasteiger partial charge in [-0.1, -0.05) is 169 Å². The van der Waals surface area contributed by atoms with Gasteiger partial charge in [-0.15, -0.1) is 0 Å². The Morgan fingerprint density at radius 2 is 0.831 bits per heavy atom. The molecule has 0 bridgehead atoms. The van der Waals surface area contributed by atoms with Crippen LogP contribution in [0, 0.1) is 0 Å². The van der Waals surface area contributed by atoms with Crippen molar-refractivity contribution in [1.29, 1.82) is 0 Å². The quantitative estimate of drug-likeness (QED) is 0.161. The van der Waals surface area contributed by atoms with Crippen molar-refractivity contribution in [3.8, 4) is 39.3 Å². The van der Waals surface area contributed by atoms with Gasteiger partial charge in [0.05, 0.1) is 33.3 Å². The molecule has 0 atom stereocenters. The number of para-hydroxylation sites is 4. The SMILES string of the molecule is c1ccc(-c2cc(-c3ccccc3)c3c4c2Sc2ccccc2B4c2cc(-n4c5ccccc5c5ccccc54)cc4c5cc(-n6c7ccccc7c7ccccc76)ccc5n-3c24)cc1. The van der Waals surface area contributed by atoms with Crippen molar-refractivity contribution in [3.63, 3.8) is 0 Å². The Morgan fingerprint density at radius 3 is 1.45 bits per heavy atom. The second kappa shape index (κ2) is 13.3.